The molecule has 64 valence electrons. The van der Waals surface area contributed by atoms with E-state index in [9.17, 15) is 4.79 Å². The first-order chi connectivity index (χ1) is 5.75. The summed E-state index contributed by atoms with van der Waals surface area (Å²) in [5.74, 6) is 0.338. The number of nitrogens with zero attached hydrogens (tertiary/aromatic N) is 1. The van der Waals surface area contributed by atoms with Gasteiger partial charge in [0.1, 0.15) is 5.82 Å². The van der Waals surface area contributed by atoms with Gasteiger partial charge in [-0.3, -0.25) is 9.89 Å². The highest BCUT2D eigenvalue weighted by Crippen LogP contribution is 2.10. The summed E-state index contributed by atoms with van der Waals surface area (Å²) in [6, 6.07) is 0. The molecule has 0 unspecified atom stereocenters. The Morgan fingerprint density at radius 2 is 2.58 bits per heavy atom. The van der Waals surface area contributed by atoms with E-state index < -0.39 is 0 Å². The third-order valence-electron chi connectivity index (χ3n) is 1.54. The van der Waals surface area contributed by atoms with E-state index in [-0.39, 0.29) is 5.78 Å². The maximum Gasteiger partial charge on any atom is 0.168 e. The zero-order chi connectivity index (χ0) is 8.97. The van der Waals surface area contributed by atoms with Gasteiger partial charge in [-0.15, -0.1) is 6.58 Å². The summed E-state index contributed by atoms with van der Waals surface area (Å²) < 4.78 is 0. The molecule has 0 bridgehead atoms. The number of H-pyrrole nitrogens is 1. The van der Waals surface area contributed by atoms with Crippen LogP contribution < -0.4 is 5.73 Å². The second kappa shape index (κ2) is 3.71. The average molecular weight is 165 g/mol. The Labute approximate surface area is 70.5 Å². The van der Waals surface area contributed by atoms with E-state index in [4.69, 9.17) is 5.73 Å². The Morgan fingerprint density at radius 3 is 3.08 bits per heavy atom. The first-order valence-corrected chi connectivity index (χ1v) is 3.68. The molecule has 1 aromatic heterocycles. The summed E-state index contributed by atoms with van der Waals surface area (Å²) in [5.41, 5.74) is 5.92. The molecule has 0 spiro atoms. The van der Waals surface area contributed by atoms with Crippen LogP contribution in [0, 0.1) is 0 Å². The van der Waals surface area contributed by atoms with Crippen LogP contribution in [0.1, 0.15) is 23.2 Å². The fourth-order valence-electron chi connectivity index (χ4n) is 0.886. The summed E-state index contributed by atoms with van der Waals surface area (Å²) in [6.07, 6.45) is 4.26. The molecule has 0 radical (unpaired) electrons. The highest BCUT2D eigenvalue weighted by Gasteiger charge is 2.09. The number of hydrogen-bond acceptors (Lipinski definition) is 3. The van der Waals surface area contributed by atoms with Crippen molar-refractivity contribution in [2.24, 2.45) is 0 Å². The third-order valence-corrected chi connectivity index (χ3v) is 1.54. The number of aromatic amines is 1. The van der Waals surface area contributed by atoms with E-state index in [1.165, 1.54) is 6.20 Å². The van der Waals surface area contributed by atoms with Crippen LogP contribution in [0.5, 0.6) is 0 Å². The molecule has 4 nitrogen and oxygen atoms in total. The molecule has 0 amide bonds. The Bertz CT molecular complexity index is 290. The van der Waals surface area contributed by atoms with Crippen LogP contribution in [0.2, 0.25) is 0 Å². The van der Waals surface area contributed by atoms with Gasteiger partial charge in [-0.2, -0.15) is 5.10 Å². The van der Waals surface area contributed by atoms with Crippen LogP contribution >= 0.6 is 0 Å². The number of hydrogen-bond donors (Lipinski definition) is 2. The number of nitrogen functional groups attached to an aromatic ring is 1. The molecule has 1 heterocycles. The van der Waals surface area contributed by atoms with Gasteiger partial charge in [0.25, 0.3) is 0 Å². The zero-order valence-corrected chi connectivity index (χ0v) is 6.71. The fraction of sp³-hybridized carbons (Fsp3) is 0.250. The van der Waals surface area contributed by atoms with Crippen molar-refractivity contribution >= 4 is 11.6 Å². The van der Waals surface area contributed by atoms with Gasteiger partial charge in [-0.25, -0.2) is 0 Å². The SMILES string of the molecule is C=CCCC(=O)c1cn[nH]c1N. The van der Waals surface area contributed by atoms with Crippen LogP contribution in [0.4, 0.5) is 5.82 Å². The number of carbonyl (C=O) groups excluding carboxylic acids is 1. The van der Waals surface area contributed by atoms with Crippen LogP contribution in [0.15, 0.2) is 18.9 Å². The monoisotopic (exact) mass is 165 g/mol. The summed E-state index contributed by atoms with van der Waals surface area (Å²) in [4.78, 5) is 11.3. The summed E-state index contributed by atoms with van der Waals surface area (Å²) in [7, 11) is 0. The Balaban J connectivity index is 2.65. The molecule has 3 N–H and O–H groups in total. The predicted octanol–water partition coefficient (Wildman–Crippen LogP) is 1.14. The zero-order valence-electron chi connectivity index (χ0n) is 6.71. The van der Waals surface area contributed by atoms with Gasteiger partial charge in [0.15, 0.2) is 5.78 Å². The Kier molecular flexibility index (Phi) is 2.63. The van der Waals surface area contributed by atoms with Gasteiger partial charge in [-0.05, 0) is 6.42 Å². The Hall–Kier alpha value is -1.58. The lowest BCUT2D eigenvalue weighted by Crippen LogP contribution is -2.00. The minimum atomic E-state index is 0.00106. The maximum atomic E-state index is 11.3. The van der Waals surface area contributed by atoms with Crippen molar-refractivity contribution in [1.82, 2.24) is 10.2 Å². The van der Waals surface area contributed by atoms with E-state index in [2.05, 4.69) is 16.8 Å². The standard InChI is InChI=1S/C8H11N3O/c1-2-3-4-7(12)6-5-10-11-8(6)9/h2,5H,1,3-4H2,(H3,9,10,11). The molecule has 0 aromatic carbocycles. The van der Waals surface area contributed by atoms with Crippen molar-refractivity contribution < 1.29 is 4.79 Å². The van der Waals surface area contributed by atoms with E-state index in [1.54, 1.807) is 6.08 Å². The van der Waals surface area contributed by atoms with Gasteiger partial charge in [-0.1, -0.05) is 6.08 Å². The van der Waals surface area contributed by atoms with Crippen molar-refractivity contribution in [2.45, 2.75) is 12.8 Å². The van der Waals surface area contributed by atoms with E-state index in [1.807, 2.05) is 0 Å². The summed E-state index contributed by atoms with van der Waals surface area (Å²) in [6.45, 7) is 3.53. The van der Waals surface area contributed by atoms with Crippen molar-refractivity contribution in [3.05, 3.63) is 24.4 Å². The number of allylic oxidation sites excluding steroid dienone is 1. The van der Waals surface area contributed by atoms with Gasteiger partial charge >= 0.3 is 0 Å². The predicted molar refractivity (Wildman–Crippen MR) is 46.8 cm³/mol. The lowest BCUT2D eigenvalue weighted by Gasteiger charge is -1.94. The van der Waals surface area contributed by atoms with Crippen LogP contribution in [-0.4, -0.2) is 16.0 Å². The van der Waals surface area contributed by atoms with Crippen LogP contribution in [-0.2, 0) is 0 Å². The maximum absolute atomic E-state index is 11.3. The molecule has 0 aliphatic heterocycles. The smallest absolute Gasteiger partial charge is 0.168 e. The second-order valence-electron chi connectivity index (χ2n) is 2.45. The largest absolute Gasteiger partial charge is 0.383 e. The lowest BCUT2D eigenvalue weighted by atomic mass is 10.1. The molecule has 12 heavy (non-hydrogen) atoms. The molecule has 0 fully saturated rings. The van der Waals surface area contributed by atoms with E-state index in [0.717, 1.165) is 0 Å². The second-order valence-corrected chi connectivity index (χ2v) is 2.45. The van der Waals surface area contributed by atoms with Crippen molar-refractivity contribution in [2.75, 3.05) is 5.73 Å². The number of aromatic nitrogens is 2. The number of Topliss-reactive ketones (excluding diaryl/α,β-unsaturated/α-hetero) is 1. The number of rotatable bonds is 4. The van der Waals surface area contributed by atoms with Crippen molar-refractivity contribution in [3.8, 4) is 0 Å². The topological polar surface area (TPSA) is 71.8 Å². The van der Waals surface area contributed by atoms with Crippen molar-refractivity contribution in [1.29, 1.82) is 0 Å². The molecule has 0 aliphatic rings. The molecule has 1 aromatic rings. The lowest BCUT2D eigenvalue weighted by molar-refractivity contribution is 0.0984. The van der Waals surface area contributed by atoms with Gasteiger partial charge in [0, 0.05) is 6.42 Å². The van der Waals surface area contributed by atoms with Crippen LogP contribution in [0.25, 0.3) is 0 Å². The van der Waals surface area contributed by atoms with Gasteiger partial charge in [0.05, 0.1) is 11.8 Å². The van der Waals surface area contributed by atoms with E-state index in [0.29, 0.717) is 24.2 Å². The summed E-state index contributed by atoms with van der Waals surface area (Å²) >= 11 is 0. The minimum absolute atomic E-state index is 0.00106. The third kappa shape index (κ3) is 1.72. The molecule has 0 aliphatic carbocycles. The fourth-order valence-corrected chi connectivity index (χ4v) is 0.886. The number of anilines is 1. The molecule has 1 rings (SSSR count). The number of nitrogens with two attached hydrogens (primary N) is 1. The number of nitrogens with one attached hydrogen (secondary N) is 1. The van der Waals surface area contributed by atoms with E-state index >= 15 is 0 Å². The van der Waals surface area contributed by atoms with Gasteiger partial charge < -0.3 is 5.73 Å². The van der Waals surface area contributed by atoms with Crippen molar-refractivity contribution in [3.63, 3.8) is 0 Å². The molecule has 0 atom stereocenters. The Morgan fingerprint density at radius 1 is 1.83 bits per heavy atom. The molecule has 4 heteroatoms. The molecule has 0 saturated heterocycles. The first kappa shape index (κ1) is 8.52. The molecule has 0 saturated carbocycles. The molecular weight excluding hydrogens is 154 g/mol. The molecular formula is C8H11N3O. The highest BCUT2D eigenvalue weighted by atomic mass is 16.1. The minimum Gasteiger partial charge on any atom is -0.383 e. The quantitative estimate of drug-likeness (QED) is 0.519. The summed E-state index contributed by atoms with van der Waals surface area (Å²) in [5, 5.41) is 6.16. The average Bonchev–Trinajstić information content (AvgIpc) is 2.47. The van der Waals surface area contributed by atoms with Crippen LogP contribution in [0.3, 0.4) is 0 Å². The number of carbonyl (C=O) groups is 1. The normalized spacial score (nSPS) is 9.67. The number of ketones is 1. The van der Waals surface area contributed by atoms with Gasteiger partial charge in [0.2, 0.25) is 0 Å². The first-order valence-electron chi connectivity index (χ1n) is 3.68. The highest BCUT2D eigenvalue weighted by molar-refractivity contribution is 5.99.